The second-order valence-electron chi connectivity index (χ2n) is 4.10. The fraction of sp³-hybridized carbons (Fsp3) is 0.154. The van der Waals surface area contributed by atoms with Gasteiger partial charge in [0.15, 0.2) is 5.69 Å². The van der Waals surface area contributed by atoms with E-state index >= 15 is 0 Å². The minimum Gasteiger partial charge on any atom is -0.495 e. The maximum atomic E-state index is 11.8. The Morgan fingerprint density at radius 3 is 2.76 bits per heavy atom. The average molecular weight is 310 g/mol. The smallest absolute Gasteiger partial charge is 0.356 e. The lowest BCUT2D eigenvalue weighted by molar-refractivity contribution is -0.116. The highest BCUT2D eigenvalue weighted by Crippen LogP contribution is 2.27. The van der Waals surface area contributed by atoms with Crippen LogP contribution in [0.25, 0.3) is 0 Å². The van der Waals surface area contributed by atoms with Gasteiger partial charge in [-0.3, -0.25) is 9.48 Å². The summed E-state index contributed by atoms with van der Waals surface area (Å²) in [4.78, 5) is 22.5. The molecule has 0 aliphatic heterocycles. The zero-order valence-electron chi connectivity index (χ0n) is 11.0. The maximum Gasteiger partial charge on any atom is 0.356 e. The fourth-order valence-corrected chi connectivity index (χ4v) is 1.91. The largest absolute Gasteiger partial charge is 0.495 e. The van der Waals surface area contributed by atoms with Crippen LogP contribution >= 0.6 is 11.6 Å². The Morgan fingerprint density at radius 2 is 2.19 bits per heavy atom. The fourth-order valence-electron chi connectivity index (χ4n) is 1.66. The van der Waals surface area contributed by atoms with Crippen molar-refractivity contribution in [3.63, 3.8) is 0 Å². The first-order valence-corrected chi connectivity index (χ1v) is 6.27. The Labute approximate surface area is 125 Å². The van der Waals surface area contributed by atoms with Crippen LogP contribution in [0.15, 0.2) is 30.5 Å². The number of carbonyl (C=O) groups is 2. The molecular formula is C13H12ClN3O4. The predicted octanol–water partition coefficient (Wildman–Crippen LogP) is 1.88. The highest BCUT2D eigenvalue weighted by atomic mass is 35.5. The molecule has 7 nitrogen and oxygen atoms in total. The van der Waals surface area contributed by atoms with E-state index in [1.54, 1.807) is 18.2 Å². The van der Waals surface area contributed by atoms with Gasteiger partial charge in [0.25, 0.3) is 0 Å². The second-order valence-corrected chi connectivity index (χ2v) is 4.51. The van der Waals surface area contributed by atoms with Gasteiger partial charge in [0.05, 0.1) is 12.1 Å². The molecule has 2 N–H and O–H groups in total. The molecule has 0 saturated carbocycles. The maximum absolute atomic E-state index is 11.8. The van der Waals surface area contributed by atoms with Crippen LogP contribution in [0.3, 0.4) is 0 Å². The van der Waals surface area contributed by atoms with Crippen molar-refractivity contribution < 1.29 is 19.4 Å². The van der Waals surface area contributed by atoms with E-state index in [1.165, 1.54) is 24.1 Å². The highest BCUT2D eigenvalue weighted by molar-refractivity contribution is 6.32. The molecule has 1 heterocycles. The average Bonchev–Trinajstić information content (AvgIpc) is 2.87. The topological polar surface area (TPSA) is 93.5 Å². The summed E-state index contributed by atoms with van der Waals surface area (Å²) in [5, 5.41) is 15.5. The molecule has 0 bridgehead atoms. The van der Waals surface area contributed by atoms with E-state index in [4.69, 9.17) is 21.4 Å². The summed E-state index contributed by atoms with van der Waals surface area (Å²) in [7, 11) is 1.50. The number of nitrogens with zero attached hydrogens (tertiary/aromatic N) is 2. The van der Waals surface area contributed by atoms with Gasteiger partial charge in [0.1, 0.15) is 12.3 Å². The molecule has 0 unspecified atom stereocenters. The summed E-state index contributed by atoms with van der Waals surface area (Å²) in [6.45, 7) is -0.100. The number of amides is 1. The Bertz CT molecular complexity index is 684. The van der Waals surface area contributed by atoms with E-state index in [0.29, 0.717) is 16.5 Å². The Balaban J connectivity index is 2.01. The van der Waals surface area contributed by atoms with Crippen molar-refractivity contribution in [2.45, 2.75) is 6.54 Å². The van der Waals surface area contributed by atoms with E-state index < -0.39 is 5.97 Å². The Hall–Kier alpha value is -2.54. The number of benzene rings is 1. The number of ether oxygens (including phenoxy) is 1. The van der Waals surface area contributed by atoms with Gasteiger partial charge < -0.3 is 15.2 Å². The van der Waals surface area contributed by atoms with Gasteiger partial charge in [-0.05, 0) is 24.3 Å². The number of anilines is 1. The first-order chi connectivity index (χ1) is 9.99. The quantitative estimate of drug-likeness (QED) is 0.879. The van der Waals surface area contributed by atoms with Crippen molar-refractivity contribution in [1.82, 2.24) is 9.78 Å². The van der Waals surface area contributed by atoms with Crippen molar-refractivity contribution >= 4 is 29.2 Å². The molecule has 0 spiro atoms. The molecule has 0 atom stereocenters. The van der Waals surface area contributed by atoms with Gasteiger partial charge in [-0.2, -0.15) is 5.10 Å². The van der Waals surface area contributed by atoms with Gasteiger partial charge in [-0.15, -0.1) is 0 Å². The number of aromatic nitrogens is 2. The number of hydrogen-bond acceptors (Lipinski definition) is 4. The van der Waals surface area contributed by atoms with Crippen molar-refractivity contribution in [1.29, 1.82) is 0 Å². The molecule has 110 valence electrons. The zero-order valence-corrected chi connectivity index (χ0v) is 11.8. The number of methoxy groups -OCH3 is 1. The summed E-state index contributed by atoms with van der Waals surface area (Å²) in [6.07, 6.45) is 1.42. The second kappa shape index (κ2) is 6.27. The number of carboxylic acids is 1. The lowest BCUT2D eigenvalue weighted by atomic mass is 10.3. The molecule has 1 aromatic carbocycles. The summed E-state index contributed by atoms with van der Waals surface area (Å²) < 4.78 is 6.25. The molecule has 1 amide bonds. The van der Waals surface area contributed by atoms with Crippen LogP contribution in [-0.4, -0.2) is 33.9 Å². The Morgan fingerprint density at radius 1 is 1.43 bits per heavy atom. The first kappa shape index (κ1) is 14.9. The van der Waals surface area contributed by atoms with Crippen LogP contribution < -0.4 is 10.1 Å². The third-order valence-corrected chi connectivity index (χ3v) is 2.90. The van der Waals surface area contributed by atoms with Crippen LogP contribution in [0.1, 0.15) is 10.5 Å². The number of carbonyl (C=O) groups excluding carboxylic acids is 1. The van der Waals surface area contributed by atoms with Crippen molar-refractivity contribution in [2.24, 2.45) is 0 Å². The van der Waals surface area contributed by atoms with Gasteiger partial charge in [0, 0.05) is 11.9 Å². The summed E-state index contributed by atoms with van der Waals surface area (Å²) in [6, 6.07) is 6.16. The molecular weight excluding hydrogens is 298 g/mol. The zero-order chi connectivity index (χ0) is 15.4. The van der Waals surface area contributed by atoms with Crippen LogP contribution in [0.5, 0.6) is 5.75 Å². The number of halogens is 1. The normalized spacial score (nSPS) is 10.2. The number of hydrogen-bond donors (Lipinski definition) is 2. The lowest BCUT2D eigenvalue weighted by Crippen LogP contribution is -2.19. The molecule has 0 radical (unpaired) electrons. The van der Waals surface area contributed by atoms with Gasteiger partial charge in [-0.1, -0.05) is 11.6 Å². The van der Waals surface area contributed by atoms with E-state index in [9.17, 15) is 9.59 Å². The molecule has 21 heavy (non-hydrogen) atoms. The summed E-state index contributed by atoms with van der Waals surface area (Å²) >= 11 is 5.95. The lowest BCUT2D eigenvalue weighted by Gasteiger charge is -2.08. The SMILES string of the molecule is COc1ccc(NC(=O)Cn2ccc(C(=O)O)n2)cc1Cl. The molecule has 0 saturated heterocycles. The van der Waals surface area contributed by atoms with Crippen molar-refractivity contribution in [2.75, 3.05) is 12.4 Å². The molecule has 0 aliphatic rings. The van der Waals surface area contributed by atoms with E-state index in [0.717, 1.165) is 0 Å². The van der Waals surface area contributed by atoms with E-state index in [2.05, 4.69) is 10.4 Å². The van der Waals surface area contributed by atoms with E-state index in [-0.39, 0.29) is 18.1 Å². The predicted molar refractivity (Wildman–Crippen MR) is 75.8 cm³/mol. The van der Waals surface area contributed by atoms with Crippen molar-refractivity contribution in [3.05, 3.63) is 41.2 Å². The van der Waals surface area contributed by atoms with Crippen molar-refractivity contribution in [3.8, 4) is 5.75 Å². The van der Waals surface area contributed by atoms with Crippen LogP contribution in [0.2, 0.25) is 5.02 Å². The van der Waals surface area contributed by atoms with Crippen LogP contribution in [0.4, 0.5) is 5.69 Å². The third-order valence-electron chi connectivity index (χ3n) is 2.60. The van der Waals surface area contributed by atoms with Crippen LogP contribution in [0, 0.1) is 0 Å². The van der Waals surface area contributed by atoms with Gasteiger partial charge in [0.2, 0.25) is 5.91 Å². The minimum atomic E-state index is -1.14. The first-order valence-electron chi connectivity index (χ1n) is 5.89. The molecule has 8 heteroatoms. The molecule has 2 rings (SSSR count). The van der Waals surface area contributed by atoms with Gasteiger partial charge in [-0.25, -0.2) is 4.79 Å². The minimum absolute atomic E-state index is 0.100. The monoisotopic (exact) mass is 309 g/mol. The highest BCUT2D eigenvalue weighted by Gasteiger charge is 2.10. The number of aromatic carboxylic acids is 1. The van der Waals surface area contributed by atoms with Gasteiger partial charge >= 0.3 is 5.97 Å². The summed E-state index contributed by atoms with van der Waals surface area (Å²) in [5.74, 6) is -0.986. The van der Waals surface area contributed by atoms with E-state index in [1.807, 2.05) is 0 Å². The molecule has 1 aromatic heterocycles. The Kier molecular flexibility index (Phi) is 4.44. The standard InChI is InChI=1S/C13H12ClN3O4/c1-21-11-3-2-8(6-9(11)14)15-12(18)7-17-5-4-10(16-17)13(19)20/h2-6H,7H2,1H3,(H,15,18)(H,19,20). The molecule has 0 fully saturated rings. The number of nitrogens with one attached hydrogen (secondary N) is 1. The molecule has 2 aromatic rings. The third kappa shape index (κ3) is 3.73. The number of carboxylic acid groups (broad SMARTS) is 1. The molecule has 0 aliphatic carbocycles. The van der Waals surface area contributed by atoms with Crippen LogP contribution in [-0.2, 0) is 11.3 Å². The number of rotatable bonds is 5. The summed E-state index contributed by atoms with van der Waals surface area (Å²) in [5.41, 5.74) is 0.395.